The highest BCUT2D eigenvalue weighted by Gasteiger charge is 2.36. The Kier molecular flexibility index (Phi) is 5.54. The van der Waals surface area contributed by atoms with E-state index in [2.05, 4.69) is 0 Å². The molecule has 2 amide bonds. The van der Waals surface area contributed by atoms with Crippen LogP contribution in [0.5, 0.6) is 5.75 Å². The fraction of sp³-hybridized carbons (Fsp3) is 0.231. The van der Waals surface area contributed by atoms with Crippen molar-refractivity contribution in [3.63, 3.8) is 0 Å². The first-order valence-corrected chi connectivity index (χ1v) is 10.9. The number of hydrogen-bond acceptors (Lipinski definition) is 3. The Hall–Kier alpha value is -3.74. The summed E-state index contributed by atoms with van der Waals surface area (Å²) < 4.78 is 32.8. The number of nitrogens with zero attached hydrogens (tertiary/aromatic N) is 2. The normalized spacial score (nSPS) is 17.6. The molecule has 5 nitrogen and oxygen atoms in total. The molecule has 0 radical (unpaired) electrons. The number of fused-ring (bicyclic) bond motifs is 2. The maximum Gasteiger partial charge on any atom is 0.241 e. The fourth-order valence-corrected chi connectivity index (χ4v) is 4.35. The number of piperidine rings is 1. The van der Waals surface area contributed by atoms with E-state index in [4.69, 9.17) is 4.74 Å². The number of rotatable bonds is 5. The third kappa shape index (κ3) is 4.18. The van der Waals surface area contributed by atoms with Gasteiger partial charge in [0.05, 0.1) is 11.4 Å². The Morgan fingerprint density at radius 1 is 0.970 bits per heavy atom. The van der Waals surface area contributed by atoms with Crippen LogP contribution in [0.2, 0.25) is 0 Å². The molecule has 168 valence electrons. The number of allylic oxidation sites excluding steroid dienone is 4. The Bertz CT molecular complexity index is 1190. The van der Waals surface area contributed by atoms with E-state index in [1.165, 1.54) is 0 Å². The third-order valence-corrected chi connectivity index (χ3v) is 6.10. The topological polar surface area (TPSA) is 49.9 Å². The number of carbonyl (C=O) groups excluding carboxylic acids is 2. The monoisotopic (exact) mass is 448 g/mol. The predicted octanol–water partition coefficient (Wildman–Crippen LogP) is 4.43. The van der Waals surface area contributed by atoms with Crippen molar-refractivity contribution in [2.75, 3.05) is 13.1 Å². The quantitative estimate of drug-likeness (QED) is 0.636. The van der Waals surface area contributed by atoms with Crippen molar-refractivity contribution in [1.82, 2.24) is 9.80 Å². The Labute approximate surface area is 190 Å². The summed E-state index contributed by atoms with van der Waals surface area (Å²) in [7, 11) is 0. The summed E-state index contributed by atoms with van der Waals surface area (Å²) >= 11 is 0. The van der Waals surface area contributed by atoms with Gasteiger partial charge in [0, 0.05) is 37.6 Å². The fourth-order valence-electron chi connectivity index (χ4n) is 4.35. The van der Waals surface area contributed by atoms with Crippen LogP contribution in [0.4, 0.5) is 8.78 Å². The highest BCUT2D eigenvalue weighted by Crippen LogP contribution is 2.41. The molecule has 1 fully saturated rings. The van der Waals surface area contributed by atoms with Gasteiger partial charge in [0.1, 0.15) is 18.3 Å². The molecular weight excluding hydrogens is 426 g/mol. The Balaban J connectivity index is 1.15. The number of hydrogen-bond donors (Lipinski definition) is 0. The van der Waals surface area contributed by atoms with Crippen LogP contribution in [0.25, 0.3) is 5.57 Å². The van der Waals surface area contributed by atoms with Gasteiger partial charge in [-0.2, -0.15) is 0 Å². The summed E-state index contributed by atoms with van der Waals surface area (Å²) in [4.78, 5) is 28.9. The molecule has 3 aliphatic rings. The van der Waals surface area contributed by atoms with E-state index in [-0.39, 0.29) is 30.1 Å². The van der Waals surface area contributed by atoms with E-state index in [1.807, 2.05) is 48.6 Å². The summed E-state index contributed by atoms with van der Waals surface area (Å²) in [6.45, 7) is 0.794. The van der Waals surface area contributed by atoms with E-state index in [0.29, 0.717) is 25.9 Å². The van der Waals surface area contributed by atoms with Gasteiger partial charge >= 0.3 is 0 Å². The maximum absolute atomic E-state index is 13.8. The number of carbonyl (C=O) groups is 2. The van der Waals surface area contributed by atoms with Crippen molar-refractivity contribution in [3.8, 4) is 5.75 Å². The lowest BCUT2D eigenvalue weighted by Crippen LogP contribution is -2.45. The molecule has 33 heavy (non-hydrogen) atoms. The van der Waals surface area contributed by atoms with Crippen molar-refractivity contribution in [2.45, 2.75) is 25.4 Å². The summed E-state index contributed by atoms with van der Waals surface area (Å²) in [5, 5.41) is 0. The van der Waals surface area contributed by atoms with Crippen LogP contribution in [0.3, 0.4) is 0 Å². The molecule has 7 heteroatoms. The molecule has 5 rings (SSSR count). The first-order valence-electron chi connectivity index (χ1n) is 10.9. The van der Waals surface area contributed by atoms with Gasteiger partial charge in [-0.25, -0.2) is 8.78 Å². The molecule has 0 saturated carbocycles. The van der Waals surface area contributed by atoms with E-state index >= 15 is 0 Å². The lowest BCUT2D eigenvalue weighted by molar-refractivity contribution is -0.140. The third-order valence-electron chi connectivity index (χ3n) is 6.10. The van der Waals surface area contributed by atoms with Gasteiger partial charge in [-0.3, -0.25) is 14.5 Å². The molecule has 0 atom stereocenters. The highest BCUT2D eigenvalue weighted by atomic mass is 19.1. The summed E-state index contributed by atoms with van der Waals surface area (Å²) in [6, 6.07) is 12.9. The minimum Gasteiger partial charge on any atom is -0.487 e. The van der Waals surface area contributed by atoms with Gasteiger partial charge in [0.15, 0.2) is 11.6 Å². The number of amides is 2. The molecule has 3 heterocycles. The molecule has 3 aliphatic heterocycles. The van der Waals surface area contributed by atoms with E-state index in [1.54, 1.807) is 9.80 Å². The highest BCUT2D eigenvalue weighted by molar-refractivity contribution is 6.03. The van der Waals surface area contributed by atoms with Gasteiger partial charge in [-0.15, -0.1) is 0 Å². The minimum absolute atomic E-state index is 0.122. The SMILES string of the molecule is O=C(CC(=O)N1c2ccc(-c3ccccc3)c1c2)N1CCC(Oc2cc(F)ccc2F)CC1. The van der Waals surface area contributed by atoms with Gasteiger partial charge in [0.2, 0.25) is 11.8 Å². The Morgan fingerprint density at radius 2 is 1.73 bits per heavy atom. The second-order valence-electron chi connectivity index (χ2n) is 8.25. The van der Waals surface area contributed by atoms with Crippen molar-refractivity contribution in [2.24, 2.45) is 0 Å². The molecule has 1 saturated heterocycles. The lowest BCUT2D eigenvalue weighted by atomic mass is 9.91. The molecular formula is C26H22F2N2O3. The second-order valence-corrected chi connectivity index (χ2v) is 8.25. The van der Waals surface area contributed by atoms with Crippen LogP contribution in [0.15, 0.2) is 78.2 Å². The Morgan fingerprint density at radius 3 is 2.45 bits per heavy atom. The van der Waals surface area contributed by atoms with Crippen molar-refractivity contribution in [1.29, 1.82) is 0 Å². The molecule has 0 aliphatic carbocycles. The molecule has 0 N–H and O–H groups in total. The molecule has 0 spiro atoms. The molecule has 2 aromatic carbocycles. The second kappa shape index (κ2) is 8.65. The number of halogens is 2. The molecule has 2 bridgehead atoms. The average Bonchev–Trinajstić information content (AvgIpc) is 2.82. The summed E-state index contributed by atoms with van der Waals surface area (Å²) in [6.07, 6.45) is 6.24. The van der Waals surface area contributed by atoms with E-state index < -0.39 is 11.6 Å². The minimum atomic E-state index is -0.617. The van der Waals surface area contributed by atoms with Crippen molar-refractivity contribution >= 4 is 17.4 Å². The predicted molar refractivity (Wildman–Crippen MR) is 119 cm³/mol. The smallest absolute Gasteiger partial charge is 0.241 e. The number of benzene rings is 2. The standard InChI is InChI=1S/C26H22F2N2O3/c27-18-6-9-22(28)24(14-18)33-20-10-12-29(13-11-20)25(31)16-26(32)30-19-7-8-21(23(30)15-19)17-4-2-1-3-5-17/h1-9,14-15,20H,10-13,16H2. The van der Waals surface area contributed by atoms with E-state index in [0.717, 1.165) is 40.7 Å². The van der Waals surface area contributed by atoms with Crippen molar-refractivity contribution in [3.05, 3.63) is 95.4 Å². The van der Waals surface area contributed by atoms with Crippen LogP contribution < -0.4 is 4.74 Å². The molecule has 0 unspecified atom stereocenters. The van der Waals surface area contributed by atoms with Crippen LogP contribution in [0, 0.1) is 11.6 Å². The maximum atomic E-state index is 13.8. The summed E-state index contributed by atoms with van der Waals surface area (Å²) in [5.74, 6) is -1.81. The lowest BCUT2D eigenvalue weighted by Gasteiger charge is -2.39. The molecule has 0 aromatic heterocycles. The van der Waals surface area contributed by atoms with Crippen LogP contribution in [0.1, 0.15) is 24.8 Å². The van der Waals surface area contributed by atoms with E-state index in [9.17, 15) is 18.4 Å². The van der Waals surface area contributed by atoms with Gasteiger partial charge in [0.25, 0.3) is 0 Å². The number of likely N-dealkylation sites (tertiary alicyclic amines) is 1. The average molecular weight is 448 g/mol. The zero-order valence-corrected chi connectivity index (χ0v) is 17.8. The van der Waals surface area contributed by atoms with Crippen LogP contribution >= 0.6 is 0 Å². The number of ether oxygens (including phenoxy) is 1. The van der Waals surface area contributed by atoms with Crippen LogP contribution in [-0.2, 0) is 9.59 Å². The zero-order chi connectivity index (χ0) is 22.9. The van der Waals surface area contributed by atoms with Crippen molar-refractivity contribution < 1.29 is 23.1 Å². The van der Waals surface area contributed by atoms with Crippen LogP contribution in [-0.4, -0.2) is 40.8 Å². The summed E-state index contributed by atoms with van der Waals surface area (Å²) in [5.41, 5.74) is 3.56. The first kappa shape index (κ1) is 21.1. The van der Waals surface area contributed by atoms with Gasteiger partial charge in [-0.05, 0) is 29.8 Å². The van der Waals surface area contributed by atoms with Gasteiger partial charge in [-0.1, -0.05) is 36.4 Å². The molecule has 2 aromatic rings. The zero-order valence-electron chi connectivity index (χ0n) is 17.8. The first-order chi connectivity index (χ1) is 16.0. The largest absolute Gasteiger partial charge is 0.487 e. The van der Waals surface area contributed by atoms with Gasteiger partial charge < -0.3 is 9.64 Å².